The van der Waals surface area contributed by atoms with Crippen LogP contribution in [0.5, 0.6) is 0 Å². The number of methoxy groups -OCH3 is 2. The van der Waals surface area contributed by atoms with Crippen molar-refractivity contribution in [3.05, 3.63) is 87.7 Å². The van der Waals surface area contributed by atoms with Gasteiger partial charge in [-0.25, -0.2) is 14.4 Å². The highest BCUT2D eigenvalue weighted by molar-refractivity contribution is 6.11. The summed E-state index contributed by atoms with van der Waals surface area (Å²) in [7, 11) is 2.48. The number of imide groups is 1. The quantitative estimate of drug-likeness (QED) is 0.287. The lowest BCUT2D eigenvalue weighted by Gasteiger charge is -2.32. The van der Waals surface area contributed by atoms with E-state index in [9.17, 15) is 24.0 Å². The molecule has 3 aromatic rings. The Labute approximate surface area is 230 Å². The number of benzene rings is 2. The van der Waals surface area contributed by atoms with Crippen molar-refractivity contribution in [3.8, 4) is 5.69 Å². The maximum Gasteiger partial charge on any atom is 0.337 e. The highest BCUT2D eigenvalue weighted by Gasteiger charge is 2.52. The molecular weight excluding hydrogens is 514 g/mol. The number of Topliss-reactive ketones (excluding diaryl/α,β-unsaturated/α-hetero) is 1. The molecule has 5 rings (SSSR count). The third kappa shape index (κ3) is 4.45. The number of hydrogen-bond donors (Lipinski definition) is 1. The fraction of sp³-hybridized carbons (Fsp3) is 0.300. The molecule has 1 aliphatic carbocycles. The number of amides is 3. The summed E-state index contributed by atoms with van der Waals surface area (Å²) in [5.74, 6) is -2.08. The van der Waals surface area contributed by atoms with Gasteiger partial charge in [-0.05, 0) is 62.1 Å². The number of nitrogens with one attached hydrogen (secondary N) is 1. The van der Waals surface area contributed by atoms with Gasteiger partial charge in [-0.1, -0.05) is 24.3 Å². The second-order valence-corrected chi connectivity index (χ2v) is 10.1. The first-order valence-corrected chi connectivity index (χ1v) is 12.8. The lowest BCUT2D eigenvalue weighted by Crippen LogP contribution is -2.51. The number of ether oxygens (including phenoxy) is 2. The molecule has 1 aromatic heterocycles. The first kappa shape index (κ1) is 26.9. The van der Waals surface area contributed by atoms with Crippen molar-refractivity contribution in [1.82, 2.24) is 14.8 Å². The molecule has 0 radical (unpaired) electrons. The van der Waals surface area contributed by atoms with E-state index in [1.54, 1.807) is 36.6 Å². The number of ketones is 1. The molecule has 206 valence electrons. The van der Waals surface area contributed by atoms with Gasteiger partial charge in [0.15, 0.2) is 5.78 Å². The Balaban J connectivity index is 1.43. The second kappa shape index (κ2) is 10.1. The largest absolute Gasteiger partial charge is 0.465 e. The van der Waals surface area contributed by atoms with Gasteiger partial charge in [-0.3, -0.25) is 14.5 Å². The normalized spacial score (nSPS) is 17.9. The van der Waals surface area contributed by atoms with Gasteiger partial charge in [0.25, 0.3) is 5.91 Å². The highest BCUT2D eigenvalue weighted by Crippen LogP contribution is 2.34. The van der Waals surface area contributed by atoms with Crippen LogP contribution in [0, 0.1) is 13.8 Å². The number of hydrogen-bond acceptors (Lipinski definition) is 7. The monoisotopic (exact) mass is 543 g/mol. The van der Waals surface area contributed by atoms with E-state index >= 15 is 0 Å². The summed E-state index contributed by atoms with van der Waals surface area (Å²) < 4.78 is 11.4. The van der Waals surface area contributed by atoms with Gasteiger partial charge in [0.1, 0.15) is 5.54 Å². The fourth-order valence-corrected chi connectivity index (χ4v) is 5.73. The van der Waals surface area contributed by atoms with E-state index in [2.05, 4.69) is 5.32 Å². The topological polar surface area (TPSA) is 124 Å². The van der Waals surface area contributed by atoms with E-state index in [0.717, 1.165) is 16.0 Å². The van der Waals surface area contributed by atoms with Crippen LogP contribution in [0.3, 0.4) is 0 Å². The number of esters is 2. The Kier molecular flexibility index (Phi) is 6.79. The summed E-state index contributed by atoms with van der Waals surface area (Å²) in [4.78, 5) is 65.5. The van der Waals surface area contributed by atoms with Gasteiger partial charge in [-0.15, -0.1) is 0 Å². The van der Waals surface area contributed by atoms with Crippen LogP contribution in [0.25, 0.3) is 5.69 Å². The Bertz CT molecular complexity index is 1550. The predicted molar refractivity (Wildman–Crippen MR) is 144 cm³/mol. The van der Waals surface area contributed by atoms with Crippen LogP contribution >= 0.6 is 0 Å². The van der Waals surface area contributed by atoms with Gasteiger partial charge in [0.2, 0.25) is 0 Å². The molecule has 2 aromatic carbocycles. The number of fused-ring (bicyclic) bond motifs is 1. The molecule has 1 fully saturated rings. The van der Waals surface area contributed by atoms with E-state index in [-0.39, 0.29) is 11.1 Å². The molecule has 10 nitrogen and oxygen atoms in total. The molecule has 1 aliphatic heterocycles. The average molecular weight is 544 g/mol. The van der Waals surface area contributed by atoms with E-state index in [1.807, 2.05) is 24.3 Å². The Morgan fingerprint density at radius 1 is 0.925 bits per heavy atom. The Morgan fingerprint density at radius 3 is 2.17 bits per heavy atom. The molecule has 1 N–H and O–H groups in total. The minimum atomic E-state index is -1.05. The molecule has 2 heterocycles. The number of aromatic nitrogens is 1. The van der Waals surface area contributed by atoms with Crippen molar-refractivity contribution >= 4 is 29.7 Å². The molecule has 10 heteroatoms. The minimum absolute atomic E-state index is 0.138. The molecule has 3 amide bonds. The summed E-state index contributed by atoms with van der Waals surface area (Å²) in [6, 6.07) is 13.4. The van der Waals surface area contributed by atoms with Crippen LogP contribution in [-0.4, -0.2) is 65.4 Å². The maximum atomic E-state index is 13.5. The molecule has 40 heavy (non-hydrogen) atoms. The number of nitrogens with zero attached hydrogens (tertiary/aromatic N) is 2. The zero-order valence-corrected chi connectivity index (χ0v) is 22.7. The van der Waals surface area contributed by atoms with Crippen LogP contribution in [-0.2, 0) is 27.1 Å². The third-order valence-corrected chi connectivity index (χ3v) is 7.73. The molecule has 0 bridgehead atoms. The molecular formula is C30H29N3O7. The van der Waals surface area contributed by atoms with Gasteiger partial charge in [0.05, 0.1) is 31.9 Å². The highest BCUT2D eigenvalue weighted by atomic mass is 16.5. The number of urea groups is 1. The Morgan fingerprint density at radius 2 is 1.55 bits per heavy atom. The number of aryl methyl sites for hydroxylation is 2. The summed E-state index contributed by atoms with van der Waals surface area (Å²) in [5, 5.41) is 2.86. The predicted octanol–water partition coefficient (Wildman–Crippen LogP) is 3.33. The lowest BCUT2D eigenvalue weighted by atomic mass is 9.78. The van der Waals surface area contributed by atoms with Crippen LogP contribution in [0.4, 0.5) is 4.79 Å². The SMILES string of the molecule is COC(=O)c1cc(C(=O)OC)cc(-n2c(C)cc(C(=O)CN3C(=O)NC4(CCc5ccccc5C4)C3=O)c2C)c1. The van der Waals surface area contributed by atoms with Gasteiger partial charge in [0, 0.05) is 29.1 Å². The summed E-state index contributed by atoms with van der Waals surface area (Å²) >= 11 is 0. The fourth-order valence-electron chi connectivity index (χ4n) is 5.73. The molecule has 0 saturated carbocycles. The maximum absolute atomic E-state index is 13.5. The van der Waals surface area contributed by atoms with Crippen molar-refractivity contribution in [2.45, 2.75) is 38.6 Å². The smallest absolute Gasteiger partial charge is 0.337 e. The van der Waals surface area contributed by atoms with Gasteiger partial charge < -0.3 is 19.4 Å². The number of rotatable bonds is 6. The molecule has 1 spiro atoms. The molecule has 1 saturated heterocycles. The summed E-state index contributed by atoms with van der Waals surface area (Å²) in [5.41, 5.74) is 3.33. The van der Waals surface area contributed by atoms with Crippen molar-refractivity contribution < 1.29 is 33.4 Å². The molecule has 1 unspecified atom stereocenters. The van der Waals surface area contributed by atoms with Crippen LogP contribution < -0.4 is 5.32 Å². The average Bonchev–Trinajstić information content (AvgIpc) is 3.38. The van der Waals surface area contributed by atoms with E-state index in [1.165, 1.54) is 20.3 Å². The van der Waals surface area contributed by atoms with E-state index in [0.29, 0.717) is 41.9 Å². The lowest BCUT2D eigenvalue weighted by molar-refractivity contribution is -0.131. The van der Waals surface area contributed by atoms with E-state index in [4.69, 9.17) is 9.47 Å². The van der Waals surface area contributed by atoms with Crippen molar-refractivity contribution in [1.29, 1.82) is 0 Å². The van der Waals surface area contributed by atoms with Crippen LogP contribution in [0.15, 0.2) is 48.5 Å². The molecule has 1 atom stereocenters. The Hall–Kier alpha value is -4.73. The third-order valence-electron chi connectivity index (χ3n) is 7.73. The standard InChI is InChI=1S/C30H29N3O7/c1-17-11-24(18(2)33(17)23-13-21(26(35)39-3)12-22(14-23)27(36)40-4)25(34)16-32-28(37)30(31-29(32)38)10-9-19-7-5-6-8-20(19)15-30/h5-8,11-14H,9-10,15-16H2,1-4H3,(H,31,38). The van der Waals surface area contributed by atoms with Crippen molar-refractivity contribution in [2.24, 2.45) is 0 Å². The molecule has 2 aliphatic rings. The summed E-state index contributed by atoms with van der Waals surface area (Å²) in [6.07, 6.45) is 1.50. The van der Waals surface area contributed by atoms with Crippen LogP contribution in [0.1, 0.15) is 60.0 Å². The zero-order valence-electron chi connectivity index (χ0n) is 22.7. The van der Waals surface area contributed by atoms with E-state index < -0.39 is 41.7 Å². The number of carbonyl (C=O) groups excluding carboxylic acids is 5. The zero-order chi connectivity index (χ0) is 28.8. The first-order chi connectivity index (χ1) is 19.1. The second-order valence-electron chi connectivity index (χ2n) is 10.1. The van der Waals surface area contributed by atoms with Gasteiger partial charge in [-0.2, -0.15) is 0 Å². The first-order valence-electron chi connectivity index (χ1n) is 12.8. The minimum Gasteiger partial charge on any atom is -0.465 e. The van der Waals surface area contributed by atoms with Gasteiger partial charge >= 0.3 is 18.0 Å². The van der Waals surface area contributed by atoms with Crippen molar-refractivity contribution in [2.75, 3.05) is 20.8 Å². The summed E-state index contributed by atoms with van der Waals surface area (Å²) in [6.45, 7) is 3.08. The number of carbonyl (C=O) groups is 5. The van der Waals surface area contributed by atoms with Crippen LogP contribution in [0.2, 0.25) is 0 Å². The van der Waals surface area contributed by atoms with Crippen molar-refractivity contribution in [3.63, 3.8) is 0 Å².